The lowest BCUT2D eigenvalue weighted by atomic mass is 10.0. The number of rotatable bonds is 39. The zero-order valence-corrected chi connectivity index (χ0v) is 33.4. The third-order valence-electron chi connectivity index (χ3n) is 10.6. The van der Waals surface area contributed by atoms with Crippen LogP contribution in [0.1, 0.15) is 269 Å². The lowest BCUT2D eigenvalue weighted by Crippen LogP contribution is -2.07. The van der Waals surface area contributed by atoms with Crippen LogP contribution in [-0.4, -0.2) is 15.0 Å². The van der Waals surface area contributed by atoms with Crippen LogP contribution >= 0.6 is 0 Å². The Kier molecular flexibility index (Phi) is 35.0. The second kappa shape index (κ2) is 37.3. The van der Waals surface area contributed by atoms with E-state index >= 15 is 0 Å². The largest absolute Gasteiger partial charge is 0.218 e. The smallest absolute Gasteiger partial charge is 0.132 e. The molecule has 0 aliphatic heterocycles. The maximum atomic E-state index is 4.89. The van der Waals surface area contributed by atoms with Gasteiger partial charge in [-0.25, -0.2) is 15.0 Å². The van der Waals surface area contributed by atoms with E-state index in [0.717, 1.165) is 36.7 Å². The van der Waals surface area contributed by atoms with Crippen LogP contribution in [0, 0.1) is 0 Å². The zero-order chi connectivity index (χ0) is 34.4. The van der Waals surface area contributed by atoms with Gasteiger partial charge >= 0.3 is 0 Å². The molecule has 0 N–H and O–H groups in total. The zero-order valence-electron chi connectivity index (χ0n) is 33.4. The Bertz CT molecular complexity index is 704. The Morgan fingerprint density at radius 3 is 0.625 bits per heavy atom. The molecule has 48 heavy (non-hydrogen) atoms. The summed E-state index contributed by atoms with van der Waals surface area (Å²) in [7, 11) is 0. The normalized spacial score (nSPS) is 11.6. The van der Waals surface area contributed by atoms with Crippen molar-refractivity contribution >= 4 is 0 Å². The highest BCUT2D eigenvalue weighted by atomic mass is 15.0. The molecule has 1 aromatic heterocycles. The number of hydrogen-bond acceptors (Lipinski definition) is 3. The molecule has 1 rings (SSSR count). The Hall–Kier alpha value is -0.990. The summed E-state index contributed by atoms with van der Waals surface area (Å²) < 4.78 is 0. The summed E-state index contributed by atoms with van der Waals surface area (Å²) in [5.41, 5.74) is 0. The fraction of sp³-hybridized carbons (Fsp3) is 0.933. The fourth-order valence-electron chi connectivity index (χ4n) is 7.27. The molecule has 0 radical (unpaired) electrons. The monoisotopic (exact) mass is 670 g/mol. The summed E-state index contributed by atoms with van der Waals surface area (Å²) in [6.45, 7) is 6.79. The van der Waals surface area contributed by atoms with E-state index < -0.39 is 0 Å². The van der Waals surface area contributed by atoms with Crippen molar-refractivity contribution in [1.29, 1.82) is 0 Å². The summed E-state index contributed by atoms with van der Waals surface area (Å²) in [4.78, 5) is 14.4. The number of unbranched alkanes of at least 4 members (excludes halogenated alkanes) is 34. The van der Waals surface area contributed by atoms with E-state index in [4.69, 9.17) is 15.0 Å². The molecule has 1 heterocycles. The van der Waals surface area contributed by atoms with Gasteiger partial charge in [-0.15, -0.1) is 0 Å². The van der Waals surface area contributed by atoms with E-state index in [0.29, 0.717) is 0 Å². The Morgan fingerprint density at radius 1 is 0.229 bits per heavy atom. The van der Waals surface area contributed by atoms with Crippen LogP contribution in [0.4, 0.5) is 0 Å². The summed E-state index contributed by atoms with van der Waals surface area (Å²) in [6.07, 6.45) is 54.2. The molecule has 0 aliphatic carbocycles. The lowest BCUT2D eigenvalue weighted by molar-refractivity contribution is 0.523. The minimum Gasteiger partial charge on any atom is -0.218 e. The third kappa shape index (κ3) is 31.0. The van der Waals surface area contributed by atoms with Crippen molar-refractivity contribution in [2.75, 3.05) is 0 Å². The van der Waals surface area contributed by atoms with Crippen LogP contribution in [0.2, 0.25) is 0 Å². The SMILES string of the molecule is CCCCCCCCCCCCCCCCCCCCc1nc(CC)nc(CCCCCCCCCCCCCCCCCCCC)n1. The van der Waals surface area contributed by atoms with Gasteiger partial charge in [0.2, 0.25) is 0 Å². The average Bonchev–Trinajstić information content (AvgIpc) is 3.10. The molecule has 0 unspecified atom stereocenters. The van der Waals surface area contributed by atoms with E-state index in [1.165, 1.54) is 231 Å². The van der Waals surface area contributed by atoms with Gasteiger partial charge in [-0.05, 0) is 12.8 Å². The first-order chi connectivity index (χ1) is 23.8. The predicted molar refractivity (Wildman–Crippen MR) is 214 cm³/mol. The van der Waals surface area contributed by atoms with Crippen molar-refractivity contribution in [2.24, 2.45) is 0 Å². The number of nitrogens with zero attached hydrogens (tertiary/aromatic N) is 3. The van der Waals surface area contributed by atoms with Crippen molar-refractivity contribution in [1.82, 2.24) is 15.0 Å². The van der Waals surface area contributed by atoms with E-state index in [9.17, 15) is 0 Å². The van der Waals surface area contributed by atoms with Crippen LogP contribution in [0.15, 0.2) is 0 Å². The minimum absolute atomic E-state index is 0.917. The maximum Gasteiger partial charge on any atom is 0.132 e. The van der Waals surface area contributed by atoms with Crippen LogP contribution in [0.5, 0.6) is 0 Å². The number of aryl methyl sites for hydroxylation is 3. The average molecular weight is 670 g/mol. The van der Waals surface area contributed by atoms with E-state index in [1.807, 2.05) is 0 Å². The van der Waals surface area contributed by atoms with Crippen LogP contribution in [0.25, 0.3) is 0 Å². The molecule has 3 heteroatoms. The lowest BCUT2D eigenvalue weighted by Gasteiger charge is -2.07. The predicted octanol–water partition coefficient (Wildman–Crippen LogP) is 15.6. The Morgan fingerprint density at radius 2 is 0.417 bits per heavy atom. The van der Waals surface area contributed by atoms with Crippen molar-refractivity contribution in [2.45, 2.75) is 271 Å². The number of hydrogen-bond donors (Lipinski definition) is 0. The third-order valence-corrected chi connectivity index (χ3v) is 10.6. The van der Waals surface area contributed by atoms with Crippen molar-refractivity contribution in [3.8, 4) is 0 Å². The maximum absolute atomic E-state index is 4.89. The van der Waals surface area contributed by atoms with Crippen LogP contribution in [-0.2, 0) is 19.3 Å². The second-order valence-electron chi connectivity index (χ2n) is 15.5. The van der Waals surface area contributed by atoms with E-state index in [1.54, 1.807) is 0 Å². The summed E-state index contributed by atoms with van der Waals surface area (Å²) in [6, 6.07) is 0. The second-order valence-corrected chi connectivity index (χ2v) is 15.5. The highest BCUT2D eigenvalue weighted by Crippen LogP contribution is 2.17. The molecule has 0 fully saturated rings. The van der Waals surface area contributed by atoms with Gasteiger partial charge in [0.1, 0.15) is 17.5 Å². The molecule has 0 saturated heterocycles. The van der Waals surface area contributed by atoms with Crippen molar-refractivity contribution < 1.29 is 0 Å². The molecule has 0 bridgehead atoms. The Balaban J connectivity index is 1.93. The quantitative estimate of drug-likeness (QED) is 0.0655. The number of aromatic nitrogens is 3. The molecule has 1 aromatic rings. The minimum atomic E-state index is 0.917. The highest BCUT2D eigenvalue weighted by molar-refractivity contribution is 4.98. The molecule has 3 nitrogen and oxygen atoms in total. The van der Waals surface area contributed by atoms with Gasteiger partial charge in [-0.3, -0.25) is 0 Å². The summed E-state index contributed by atoms with van der Waals surface area (Å²) in [5.74, 6) is 3.10. The first kappa shape index (κ1) is 45.0. The molecule has 0 atom stereocenters. The summed E-state index contributed by atoms with van der Waals surface area (Å²) in [5, 5.41) is 0. The first-order valence-electron chi connectivity index (χ1n) is 22.5. The van der Waals surface area contributed by atoms with Crippen molar-refractivity contribution in [3.63, 3.8) is 0 Å². The first-order valence-corrected chi connectivity index (χ1v) is 22.5. The van der Waals surface area contributed by atoms with Gasteiger partial charge in [0.15, 0.2) is 0 Å². The van der Waals surface area contributed by atoms with E-state index in [-0.39, 0.29) is 0 Å². The molecular weight excluding hydrogens is 583 g/mol. The molecule has 0 aromatic carbocycles. The van der Waals surface area contributed by atoms with Gasteiger partial charge in [0, 0.05) is 19.3 Å². The fourth-order valence-corrected chi connectivity index (χ4v) is 7.27. The van der Waals surface area contributed by atoms with Crippen LogP contribution in [0.3, 0.4) is 0 Å². The van der Waals surface area contributed by atoms with Gasteiger partial charge < -0.3 is 0 Å². The molecule has 0 amide bonds. The molecule has 0 saturated carbocycles. The Labute approximate surface area is 302 Å². The van der Waals surface area contributed by atoms with Crippen molar-refractivity contribution in [3.05, 3.63) is 17.5 Å². The van der Waals surface area contributed by atoms with Gasteiger partial charge in [-0.2, -0.15) is 0 Å². The van der Waals surface area contributed by atoms with Gasteiger partial charge in [0.25, 0.3) is 0 Å². The van der Waals surface area contributed by atoms with Gasteiger partial charge in [0.05, 0.1) is 0 Å². The molecular formula is C45H87N3. The van der Waals surface area contributed by atoms with E-state index in [2.05, 4.69) is 20.8 Å². The topological polar surface area (TPSA) is 38.7 Å². The van der Waals surface area contributed by atoms with Gasteiger partial charge in [-0.1, -0.05) is 239 Å². The van der Waals surface area contributed by atoms with Crippen LogP contribution < -0.4 is 0 Å². The standard InChI is InChI=1S/C45H87N3/c1-4-7-9-11-13-15-17-19-21-23-25-27-29-31-33-35-37-39-41-44-46-43(6-3)47-45(48-44)42-40-38-36-34-32-30-28-26-24-22-20-18-16-14-12-10-8-5-2/h4-42H2,1-3H3. The molecule has 0 aliphatic rings. The molecule has 282 valence electrons. The summed E-state index contributed by atoms with van der Waals surface area (Å²) >= 11 is 0. The highest BCUT2D eigenvalue weighted by Gasteiger charge is 2.06. The molecule has 0 spiro atoms.